The number of amides is 2. The van der Waals surface area contributed by atoms with E-state index in [1.165, 1.54) is 12.8 Å². The van der Waals surface area contributed by atoms with E-state index in [4.69, 9.17) is 4.42 Å². The van der Waals surface area contributed by atoms with Gasteiger partial charge in [-0.1, -0.05) is 0 Å². The Morgan fingerprint density at radius 3 is 2.50 bits per heavy atom. The van der Waals surface area contributed by atoms with Crippen molar-refractivity contribution in [2.75, 3.05) is 0 Å². The van der Waals surface area contributed by atoms with Gasteiger partial charge in [0.2, 0.25) is 0 Å². The molecule has 0 unspecified atom stereocenters. The quantitative estimate of drug-likeness (QED) is 0.892. The summed E-state index contributed by atoms with van der Waals surface area (Å²) >= 11 is 0. The molecule has 2 aliphatic carbocycles. The van der Waals surface area contributed by atoms with Crippen molar-refractivity contribution in [2.45, 2.75) is 64.6 Å². The van der Waals surface area contributed by atoms with Crippen molar-refractivity contribution in [3.05, 3.63) is 23.7 Å². The summed E-state index contributed by atoms with van der Waals surface area (Å²) in [4.78, 5) is 14.6. The van der Waals surface area contributed by atoms with Gasteiger partial charge in [0.25, 0.3) is 0 Å². The number of hydrogen-bond donors (Lipinski definition) is 1. The maximum atomic E-state index is 12.6. The van der Waals surface area contributed by atoms with Crippen LogP contribution in [0.4, 0.5) is 4.79 Å². The second-order valence-corrected chi connectivity index (χ2v) is 6.34. The number of furan rings is 1. The molecule has 1 heterocycles. The predicted octanol–water partition coefficient (Wildman–Crippen LogP) is 3.62. The smallest absolute Gasteiger partial charge is 0.318 e. The number of nitrogens with zero attached hydrogens (tertiary/aromatic N) is 1. The van der Waals surface area contributed by atoms with Crippen LogP contribution in [0.1, 0.15) is 57.1 Å². The Morgan fingerprint density at radius 2 is 2.00 bits per heavy atom. The second-order valence-electron chi connectivity index (χ2n) is 6.34. The largest absolute Gasteiger partial charge is 0.464 e. The van der Waals surface area contributed by atoms with E-state index in [9.17, 15) is 4.79 Å². The summed E-state index contributed by atoms with van der Waals surface area (Å²) < 4.78 is 5.59. The number of rotatable bonds is 5. The van der Waals surface area contributed by atoms with E-state index < -0.39 is 0 Å². The van der Waals surface area contributed by atoms with Gasteiger partial charge in [-0.2, -0.15) is 0 Å². The highest BCUT2D eigenvalue weighted by molar-refractivity contribution is 5.75. The van der Waals surface area contributed by atoms with Crippen molar-refractivity contribution < 1.29 is 9.21 Å². The lowest BCUT2D eigenvalue weighted by Crippen LogP contribution is -2.47. The molecule has 1 N–H and O–H groups in total. The molecule has 0 bridgehead atoms. The molecule has 2 amide bonds. The lowest BCUT2D eigenvalue weighted by Gasteiger charge is -2.30. The maximum Gasteiger partial charge on any atom is 0.318 e. The van der Waals surface area contributed by atoms with E-state index in [1.54, 1.807) is 0 Å². The van der Waals surface area contributed by atoms with Crippen molar-refractivity contribution in [1.82, 2.24) is 10.2 Å². The third kappa shape index (κ3) is 2.84. The van der Waals surface area contributed by atoms with Gasteiger partial charge < -0.3 is 14.6 Å². The molecule has 2 saturated carbocycles. The fourth-order valence-corrected chi connectivity index (χ4v) is 2.86. The summed E-state index contributed by atoms with van der Waals surface area (Å²) in [6, 6.07) is 4.68. The highest BCUT2D eigenvalue weighted by atomic mass is 16.3. The molecule has 0 aromatic carbocycles. The van der Waals surface area contributed by atoms with E-state index >= 15 is 0 Å². The summed E-state index contributed by atoms with van der Waals surface area (Å²) in [6.07, 6.45) is 4.84. The van der Waals surface area contributed by atoms with E-state index in [1.807, 2.05) is 26.0 Å². The first-order chi connectivity index (χ1) is 9.56. The zero-order chi connectivity index (χ0) is 14.3. The number of aryl methyl sites for hydroxylation is 1. The third-order valence-electron chi connectivity index (χ3n) is 4.45. The molecular weight excluding hydrogens is 252 g/mol. The minimum absolute atomic E-state index is 0.0634. The van der Waals surface area contributed by atoms with Crippen LogP contribution in [0, 0.1) is 12.8 Å². The maximum absolute atomic E-state index is 12.6. The fraction of sp³-hybridized carbons (Fsp3) is 0.688. The average Bonchev–Trinajstić information content (AvgIpc) is 3.29. The number of urea groups is 1. The van der Waals surface area contributed by atoms with E-state index in [-0.39, 0.29) is 12.1 Å². The van der Waals surface area contributed by atoms with Crippen molar-refractivity contribution in [3.8, 4) is 0 Å². The molecule has 110 valence electrons. The molecule has 4 nitrogen and oxygen atoms in total. The first kappa shape index (κ1) is 13.5. The number of hydrogen-bond acceptors (Lipinski definition) is 2. The Kier molecular flexibility index (Phi) is 3.48. The van der Waals surface area contributed by atoms with Crippen LogP contribution >= 0.6 is 0 Å². The SMILES string of the molecule is Cc1ccc([C@@H](C)NC(=O)N(C2CC2)[C@H](C)C2CC2)o1. The molecule has 0 saturated heterocycles. The molecule has 0 spiro atoms. The second kappa shape index (κ2) is 5.15. The number of carbonyl (C=O) groups is 1. The third-order valence-corrected chi connectivity index (χ3v) is 4.45. The summed E-state index contributed by atoms with van der Waals surface area (Å²) in [6.45, 7) is 6.09. The molecule has 2 aliphatic rings. The van der Waals surface area contributed by atoms with Crippen molar-refractivity contribution in [3.63, 3.8) is 0 Å². The van der Waals surface area contributed by atoms with Crippen LogP contribution in [0.2, 0.25) is 0 Å². The summed E-state index contributed by atoms with van der Waals surface area (Å²) in [5, 5.41) is 3.09. The Bertz CT molecular complexity index is 488. The summed E-state index contributed by atoms with van der Waals surface area (Å²) in [7, 11) is 0. The Balaban J connectivity index is 1.64. The minimum Gasteiger partial charge on any atom is -0.464 e. The molecular formula is C16H24N2O2. The number of nitrogens with one attached hydrogen (secondary N) is 1. The van der Waals surface area contributed by atoms with Crippen LogP contribution in [0.15, 0.2) is 16.5 Å². The molecule has 3 rings (SSSR count). The van der Waals surface area contributed by atoms with Gasteiger partial charge in [0, 0.05) is 12.1 Å². The molecule has 1 aromatic heterocycles. The van der Waals surface area contributed by atoms with Gasteiger partial charge in [-0.25, -0.2) is 4.79 Å². The zero-order valence-corrected chi connectivity index (χ0v) is 12.6. The van der Waals surface area contributed by atoms with Gasteiger partial charge >= 0.3 is 6.03 Å². The van der Waals surface area contributed by atoms with Crippen LogP contribution in [0.25, 0.3) is 0 Å². The van der Waals surface area contributed by atoms with Gasteiger partial charge in [-0.15, -0.1) is 0 Å². The van der Waals surface area contributed by atoms with Gasteiger partial charge in [-0.3, -0.25) is 0 Å². The first-order valence-corrected chi connectivity index (χ1v) is 7.71. The first-order valence-electron chi connectivity index (χ1n) is 7.71. The van der Waals surface area contributed by atoms with Crippen LogP contribution in [-0.4, -0.2) is 23.0 Å². The summed E-state index contributed by atoms with van der Waals surface area (Å²) in [5.41, 5.74) is 0. The van der Waals surface area contributed by atoms with Crippen LogP contribution in [0.3, 0.4) is 0 Å². The van der Waals surface area contributed by atoms with Crippen molar-refractivity contribution in [1.29, 1.82) is 0 Å². The molecule has 0 radical (unpaired) electrons. The van der Waals surface area contributed by atoms with Crippen molar-refractivity contribution >= 4 is 6.03 Å². The minimum atomic E-state index is -0.0798. The highest BCUT2D eigenvalue weighted by Crippen LogP contribution is 2.39. The molecule has 1 aromatic rings. The lowest BCUT2D eigenvalue weighted by atomic mass is 10.2. The topological polar surface area (TPSA) is 45.5 Å². The van der Waals surface area contributed by atoms with E-state index in [2.05, 4.69) is 17.1 Å². The Hall–Kier alpha value is -1.45. The molecule has 20 heavy (non-hydrogen) atoms. The van der Waals surface area contributed by atoms with Crippen molar-refractivity contribution in [2.24, 2.45) is 5.92 Å². The summed E-state index contributed by atoms with van der Waals surface area (Å²) in [5.74, 6) is 2.42. The van der Waals surface area contributed by atoms with Crippen LogP contribution in [0.5, 0.6) is 0 Å². The standard InChI is InChI=1S/C16H24N2O2/c1-10-4-9-15(20-10)11(2)17-16(19)18(14-7-8-14)12(3)13-5-6-13/h4,9,11-14H,5-8H2,1-3H3,(H,17,19)/t11-,12-/m1/s1. The van der Waals surface area contributed by atoms with E-state index in [0.29, 0.717) is 18.0 Å². The molecule has 0 aliphatic heterocycles. The fourth-order valence-electron chi connectivity index (χ4n) is 2.86. The average molecular weight is 276 g/mol. The number of carbonyl (C=O) groups excluding carboxylic acids is 1. The predicted molar refractivity (Wildman–Crippen MR) is 77.4 cm³/mol. The normalized spacial score (nSPS) is 21.4. The molecule has 4 heteroatoms. The van der Waals surface area contributed by atoms with Gasteiger partial charge in [-0.05, 0) is 64.5 Å². The zero-order valence-electron chi connectivity index (χ0n) is 12.6. The lowest BCUT2D eigenvalue weighted by molar-refractivity contribution is 0.163. The van der Waals surface area contributed by atoms with E-state index in [0.717, 1.165) is 24.4 Å². The van der Waals surface area contributed by atoms with Gasteiger partial charge in [0.05, 0.1) is 6.04 Å². The highest BCUT2D eigenvalue weighted by Gasteiger charge is 2.42. The van der Waals surface area contributed by atoms with Gasteiger partial charge in [0.15, 0.2) is 0 Å². The van der Waals surface area contributed by atoms with Crippen LogP contribution < -0.4 is 5.32 Å². The Labute approximate surface area is 120 Å². The monoisotopic (exact) mass is 276 g/mol. The molecule has 2 fully saturated rings. The van der Waals surface area contributed by atoms with Crippen LogP contribution in [-0.2, 0) is 0 Å². The molecule has 2 atom stereocenters. The van der Waals surface area contributed by atoms with Gasteiger partial charge in [0.1, 0.15) is 11.5 Å². The Morgan fingerprint density at radius 1 is 1.30 bits per heavy atom.